The van der Waals surface area contributed by atoms with Crippen LogP contribution in [0.5, 0.6) is 0 Å². The first-order valence-corrected chi connectivity index (χ1v) is 8.14. The Bertz CT molecular complexity index is 677. The number of amides is 1. The van der Waals surface area contributed by atoms with Crippen molar-refractivity contribution in [2.24, 2.45) is 7.05 Å². The zero-order valence-electron chi connectivity index (χ0n) is 14.8. The summed E-state index contributed by atoms with van der Waals surface area (Å²) in [5.41, 5.74) is 1.16. The van der Waals surface area contributed by atoms with Crippen molar-refractivity contribution in [2.45, 2.75) is 25.9 Å². The average molecular weight is 330 g/mol. The molecule has 1 atom stereocenters. The number of aromatic nitrogens is 2. The van der Waals surface area contributed by atoms with E-state index >= 15 is 0 Å². The van der Waals surface area contributed by atoms with E-state index in [1.807, 2.05) is 19.2 Å². The van der Waals surface area contributed by atoms with Gasteiger partial charge < -0.3 is 15.3 Å². The lowest BCUT2D eigenvalue weighted by atomic mass is 9.99. The molecule has 1 unspecified atom stereocenters. The van der Waals surface area contributed by atoms with Crippen molar-refractivity contribution in [3.63, 3.8) is 0 Å². The lowest BCUT2D eigenvalue weighted by Gasteiger charge is -2.22. The first-order chi connectivity index (χ1) is 11.3. The van der Waals surface area contributed by atoms with E-state index in [4.69, 9.17) is 0 Å². The zero-order valence-corrected chi connectivity index (χ0v) is 14.8. The fourth-order valence-electron chi connectivity index (χ4n) is 2.49. The van der Waals surface area contributed by atoms with E-state index in [9.17, 15) is 9.90 Å². The summed E-state index contributed by atoms with van der Waals surface area (Å²) in [5.74, 6) is -0.205. The molecule has 6 heteroatoms. The molecule has 0 radical (unpaired) electrons. The Morgan fingerprint density at radius 2 is 2.04 bits per heavy atom. The maximum atomic E-state index is 12.3. The van der Waals surface area contributed by atoms with Crippen LogP contribution in [0.4, 0.5) is 5.69 Å². The van der Waals surface area contributed by atoms with Gasteiger partial charge in [-0.2, -0.15) is 5.10 Å². The third kappa shape index (κ3) is 4.35. The first kappa shape index (κ1) is 18.0. The molecular formula is C18H26N4O2. The standard InChI is InChI=1S/C18H26N4O2/c1-5-10-21(3)16-8-6-14(7-9-16)17(23)19-13-18(2,24)15-11-20-22(4)12-15/h6-9,11-12,24H,5,10,13H2,1-4H3,(H,19,23). The van der Waals surface area contributed by atoms with Crippen molar-refractivity contribution in [3.8, 4) is 0 Å². The fraction of sp³-hybridized carbons (Fsp3) is 0.444. The van der Waals surface area contributed by atoms with Crippen LogP contribution in [-0.2, 0) is 12.6 Å². The van der Waals surface area contributed by atoms with Crippen molar-refractivity contribution >= 4 is 11.6 Å². The van der Waals surface area contributed by atoms with Crippen molar-refractivity contribution in [1.82, 2.24) is 15.1 Å². The average Bonchev–Trinajstić information content (AvgIpc) is 3.00. The molecule has 0 aliphatic carbocycles. The highest BCUT2D eigenvalue weighted by Gasteiger charge is 2.25. The van der Waals surface area contributed by atoms with Crippen LogP contribution < -0.4 is 10.2 Å². The van der Waals surface area contributed by atoms with Crippen LogP contribution in [0.25, 0.3) is 0 Å². The van der Waals surface area contributed by atoms with E-state index in [0.29, 0.717) is 11.1 Å². The molecule has 1 amide bonds. The van der Waals surface area contributed by atoms with Gasteiger partial charge in [0, 0.05) is 43.7 Å². The third-order valence-electron chi connectivity index (χ3n) is 4.05. The largest absolute Gasteiger partial charge is 0.383 e. The second-order valence-corrected chi connectivity index (χ2v) is 6.33. The highest BCUT2D eigenvalue weighted by atomic mass is 16.3. The van der Waals surface area contributed by atoms with Gasteiger partial charge in [-0.15, -0.1) is 0 Å². The van der Waals surface area contributed by atoms with Gasteiger partial charge in [0.1, 0.15) is 5.60 Å². The van der Waals surface area contributed by atoms with Gasteiger partial charge in [-0.25, -0.2) is 0 Å². The number of rotatable bonds is 7. The van der Waals surface area contributed by atoms with Gasteiger partial charge in [0.2, 0.25) is 0 Å². The molecule has 1 aromatic heterocycles. The number of nitrogens with zero attached hydrogens (tertiary/aromatic N) is 3. The SMILES string of the molecule is CCCN(C)c1ccc(C(=O)NCC(C)(O)c2cnn(C)c2)cc1. The predicted octanol–water partition coefficient (Wildman–Crippen LogP) is 1.90. The Labute approximate surface area is 143 Å². The molecule has 0 saturated heterocycles. The summed E-state index contributed by atoms with van der Waals surface area (Å²) < 4.78 is 1.62. The van der Waals surface area contributed by atoms with Gasteiger partial charge in [0.25, 0.3) is 5.91 Å². The molecule has 130 valence electrons. The van der Waals surface area contributed by atoms with E-state index in [-0.39, 0.29) is 12.5 Å². The number of aryl methyl sites for hydroxylation is 1. The summed E-state index contributed by atoms with van der Waals surface area (Å²) >= 11 is 0. The van der Waals surface area contributed by atoms with Crippen molar-refractivity contribution in [1.29, 1.82) is 0 Å². The van der Waals surface area contributed by atoms with Crippen LogP contribution in [0.15, 0.2) is 36.7 Å². The molecule has 0 aliphatic heterocycles. The maximum Gasteiger partial charge on any atom is 0.251 e. The lowest BCUT2D eigenvalue weighted by Crippen LogP contribution is -2.38. The minimum Gasteiger partial charge on any atom is -0.383 e. The van der Waals surface area contributed by atoms with Gasteiger partial charge in [0.15, 0.2) is 0 Å². The number of benzene rings is 1. The van der Waals surface area contributed by atoms with Crippen LogP contribution in [0, 0.1) is 0 Å². The van der Waals surface area contributed by atoms with Crippen LogP contribution in [0.3, 0.4) is 0 Å². The molecule has 0 bridgehead atoms. The monoisotopic (exact) mass is 330 g/mol. The highest BCUT2D eigenvalue weighted by molar-refractivity contribution is 5.94. The molecule has 0 aliphatic rings. The normalized spacial score (nSPS) is 13.4. The smallest absolute Gasteiger partial charge is 0.251 e. The van der Waals surface area contributed by atoms with Crippen LogP contribution in [0.2, 0.25) is 0 Å². The van der Waals surface area contributed by atoms with E-state index in [2.05, 4.69) is 22.2 Å². The maximum absolute atomic E-state index is 12.3. The molecule has 2 rings (SSSR count). The molecule has 0 saturated carbocycles. The number of carbonyl (C=O) groups excluding carboxylic acids is 1. The van der Waals surface area contributed by atoms with E-state index < -0.39 is 5.60 Å². The summed E-state index contributed by atoms with van der Waals surface area (Å²) in [4.78, 5) is 14.4. The zero-order chi connectivity index (χ0) is 17.7. The summed E-state index contributed by atoms with van der Waals surface area (Å²) in [6.45, 7) is 4.88. The van der Waals surface area contributed by atoms with Gasteiger partial charge >= 0.3 is 0 Å². The Balaban J connectivity index is 1.97. The van der Waals surface area contributed by atoms with Gasteiger partial charge in [-0.3, -0.25) is 9.48 Å². The number of nitrogens with one attached hydrogen (secondary N) is 1. The first-order valence-electron chi connectivity index (χ1n) is 8.14. The topological polar surface area (TPSA) is 70.4 Å². The molecule has 6 nitrogen and oxygen atoms in total. The van der Waals surface area contributed by atoms with Gasteiger partial charge in [-0.05, 0) is 37.6 Å². The minimum atomic E-state index is -1.16. The molecule has 1 heterocycles. The lowest BCUT2D eigenvalue weighted by molar-refractivity contribution is 0.0526. The molecule has 0 fully saturated rings. The third-order valence-corrected chi connectivity index (χ3v) is 4.05. The second kappa shape index (κ2) is 7.49. The number of aliphatic hydroxyl groups is 1. The summed E-state index contributed by atoms with van der Waals surface area (Å²) in [6, 6.07) is 7.47. The van der Waals surface area contributed by atoms with E-state index in [0.717, 1.165) is 18.7 Å². The Hall–Kier alpha value is -2.34. The van der Waals surface area contributed by atoms with E-state index in [1.54, 1.807) is 43.2 Å². The fourth-order valence-corrected chi connectivity index (χ4v) is 2.49. The number of anilines is 1. The van der Waals surface area contributed by atoms with Crippen molar-refractivity contribution in [3.05, 3.63) is 47.8 Å². The molecule has 24 heavy (non-hydrogen) atoms. The minimum absolute atomic E-state index is 0.120. The highest BCUT2D eigenvalue weighted by Crippen LogP contribution is 2.19. The Morgan fingerprint density at radius 1 is 1.38 bits per heavy atom. The number of hydrogen-bond acceptors (Lipinski definition) is 4. The van der Waals surface area contributed by atoms with Crippen LogP contribution in [0.1, 0.15) is 36.2 Å². The summed E-state index contributed by atoms with van der Waals surface area (Å²) in [5, 5.41) is 17.3. The van der Waals surface area contributed by atoms with Crippen LogP contribution in [-0.4, -0.2) is 40.9 Å². The van der Waals surface area contributed by atoms with Gasteiger partial charge in [-0.1, -0.05) is 6.92 Å². The summed E-state index contributed by atoms with van der Waals surface area (Å²) in [6.07, 6.45) is 4.41. The predicted molar refractivity (Wildman–Crippen MR) is 95.1 cm³/mol. The molecule has 2 aromatic rings. The number of carbonyl (C=O) groups is 1. The van der Waals surface area contributed by atoms with Crippen LogP contribution >= 0.6 is 0 Å². The Morgan fingerprint density at radius 3 is 2.58 bits per heavy atom. The van der Waals surface area contributed by atoms with Gasteiger partial charge in [0.05, 0.1) is 12.7 Å². The molecule has 1 aromatic carbocycles. The number of hydrogen-bond donors (Lipinski definition) is 2. The second-order valence-electron chi connectivity index (χ2n) is 6.33. The molecule has 0 spiro atoms. The molecular weight excluding hydrogens is 304 g/mol. The molecule has 2 N–H and O–H groups in total. The van der Waals surface area contributed by atoms with Crippen molar-refractivity contribution < 1.29 is 9.90 Å². The van der Waals surface area contributed by atoms with Crippen molar-refractivity contribution in [2.75, 3.05) is 25.0 Å². The Kier molecular flexibility index (Phi) is 5.62. The summed E-state index contributed by atoms with van der Waals surface area (Å²) in [7, 11) is 3.82. The van der Waals surface area contributed by atoms with E-state index in [1.165, 1.54) is 0 Å². The quantitative estimate of drug-likeness (QED) is 0.813.